The second-order valence-corrected chi connectivity index (χ2v) is 19.8. The number of aromatic nitrogens is 7. The number of morpholine rings is 1. The summed E-state index contributed by atoms with van der Waals surface area (Å²) in [4.78, 5) is 24.1. The summed E-state index contributed by atoms with van der Waals surface area (Å²) in [7, 11) is 0.265. The van der Waals surface area contributed by atoms with Crippen LogP contribution in [0.1, 0.15) is 11.4 Å². The first kappa shape index (κ1) is 34.0. The Balaban J connectivity index is 1.36. The monoisotopic (exact) mass is 719 g/mol. The lowest BCUT2D eigenvalue weighted by atomic mass is 10.2. The highest BCUT2D eigenvalue weighted by molar-refractivity contribution is 7.13. The van der Waals surface area contributed by atoms with Gasteiger partial charge in [0.1, 0.15) is 23.8 Å². The summed E-state index contributed by atoms with van der Waals surface area (Å²) >= 11 is 1.50. The highest BCUT2D eigenvalue weighted by Gasteiger charge is 2.26. The van der Waals surface area contributed by atoms with E-state index in [-0.39, 0.29) is 18.8 Å². The molecule has 0 aliphatic carbocycles. The Kier molecular flexibility index (Phi) is 9.77. The molecule has 1 saturated heterocycles. The fraction of sp³-hybridized carbons (Fsp3) is 0.382. The molecular weight excluding hydrogens is 681 g/mol. The van der Waals surface area contributed by atoms with Crippen LogP contribution < -0.4 is 14.5 Å². The minimum absolute atomic E-state index is 0.0494. The van der Waals surface area contributed by atoms with Crippen LogP contribution >= 0.6 is 11.3 Å². The number of methoxy groups -OCH3 is 1. The number of benzene rings is 2. The normalized spacial score (nSPS) is 13.8. The van der Waals surface area contributed by atoms with Crippen molar-refractivity contribution < 1.29 is 23.0 Å². The minimum atomic E-state index is -1.36. The molecule has 2 aromatic carbocycles. The highest BCUT2D eigenvalue weighted by Crippen LogP contribution is 2.32. The van der Waals surface area contributed by atoms with Gasteiger partial charge >= 0.3 is 0 Å². The molecular formula is C34H39F2N9O3SSi. The second kappa shape index (κ2) is 14.4. The third-order valence-corrected chi connectivity index (χ3v) is 11.1. The van der Waals surface area contributed by atoms with Crippen molar-refractivity contribution in [3.63, 3.8) is 0 Å². The molecule has 0 bridgehead atoms. The number of hydrogen-bond acceptors (Lipinski definition) is 11. The summed E-state index contributed by atoms with van der Waals surface area (Å²) in [6.07, 6.45) is 3.57. The van der Waals surface area contributed by atoms with Gasteiger partial charge in [0, 0.05) is 40.5 Å². The van der Waals surface area contributed by atoms with Crippen molar-refractivity contribution in [1.29, 1.82) is 0 Å². The van der Waals surface area contributed by atoms with Crippen molar-refractivity contribution in [3.05, 3.63) is 77.3 Å². The number of halogens is 2. The molecule has 0 N–H and O–H groups in total. The zero-order valence-electron chi connectivity index (χ0n) is 28.5. The average molecular weight is 720 g/mol. The molecule has 50 heavy (non-hydrogen) atoms. The molecule has 0 saturated carbocycles. The van der Waals surface area contributed by atoms with Gasteiger partial charge in [-0.05, 0) is 35.9 Å². The lowest BCUT2D eigenvalue weighted by molar-refractivity contribution is 0.0878. The fourth-order valence-corrected chi connectivity index (χ4v) is 7.17. The Labute approximate surface area is 293 Å². The van der Waals surface area contributed by atoms with E-state index in [0.29, 0.717) is 68.3 Å². The van der Waals surface area contributed by atoms with Crippen molar-refractivity contribution in [2.24, 2.45) is 0 Å². The van der Waals surface area contributed by atoms with Gasteiger partial charge in [0.25, 0.3) is 0 Å². The number of thiazole rings is 1. The van der Waals surface area contributed by atoms with E-state index in [9.17, 15) is 4.39 Å². The number of anilines is 2. The van der Waals surface area contributed by atoms with Crippen LogP contribution in [0.15, 0.2) is 54.3 Å². The van der Waals surface area contributed by atoms with E-state index in [4.69, 9.17) is 29.3 Å². The van der Waals surface area contributed by atoms with Crippen LogP contribution in [0, 0.1) is 11.6 Å². The van der Waals surface area contributed by atoms with Crippen LogP contribution in [-0.2, 0) is 29.3 Å². The van der Waals surface area contributed by atoms with Crippen LogP contribution in [0.25, 0.3) is 27.1 Å². The number of fused-ring (bicyclic) bond motifs is 2. The van der Waals surface area contributed by atoms with E-state index in [1.165, 1.54) is 11.3 Å². The maximum atomic E-state index is 15.3. The molecule has 262 valence electrons. The topological polar surface area (TPSA) is 108 Å². The van der Waals surface area contributed by atoms with Crippen LogP contribution in [0.3, 0.4) is 0 Å². The van der Waals surface area contributed by atoms with Crippen molar-refractivity contribution >= 4 is 48.0 Å². The Morgan fingerprint density at radius 2 is 1.78 bits per heavy atom. The number of imidazole rings is 1. The Bertz CT molecular complexity index is 2080. The predicted octanol–water partition coefficient (Wildman–Crippen LogP) is 6.24. The number of nitrogens with zero attached hydrogens (tertiary/aromatic N) is 9. The van der Waals surface area contributed by atoms with E-state index in [1.54, 1.807) is 35.6 Å². The standard InChI is InChI=1S/C34H39F2N9O3SSi/c1-46-24-7-5-23(6-8-24)19-43(20-29-39-31-27(10-9-26(35)30(31)36)44(29)22-48-15-16-50(2,3)4)34-41-33(42-11-13-47-14-12-42)40-32-25(17-38-45(32)34)28-18-37-21-49-28/h5-10,17-18,21H,11-16,19-20,22H2,1-4H3. The molecule has 0 unspecified atom stereocenters. The predicted molar refractivity (Wildman–Crippen MR) is 192 cm³/mol. The fourth-order valence-electron chi connectivity index (χ4n) is 5.79. The van der Waals surface area contributed by atoms with E-state index in [1.807, 2.05) is 33.7 Å². The van der Waals surface area contributed by atoms with Gasteiger partial charge in [0.2, 0.25) is 11.9 Å². The van der Waals surface area contributed by atoms with Gasteiger partial charge in [-0.15, -0.1) is 11.3 Å². The van der Waals surface area contributed by atoms with Gasteiger partial charge in [0.15, 0.2) is 17.3 Å². The first-order chi connectivity index (χ1) is 24.2. The van der Waals surface area contributed by atoms with Gasteiger partial charge < -0.3 is 28.6 Å². The van der Waals surface area contributed by atoms with Crippen LogP contribution in [0.2, 0.25) is 25.7 Å². The van der Waals surface area contributed by atoms with E-state index >= 15 is 4.39 Å². The molecule has 6 aromatic rings. The number of rotatable bonds is 13. The second-order valence-electron chi connectivity index (χ2n) is 13.3. The smallest absolute Gasteiger partial charge is 0.232 e. The zero-order valence-corrected chi connectivity index (χ0v) is 30.3. The Morgan fingerprint density at radius 1 is 0.980 bits per heavy atom. The first-order valence-corrected chi connectivity index (χ1v) is 21.0. The Hall–Kier alpha value is -4.51. The van der Waals surface area contributed by atoms with Crippen molar-refractivity contribution in [1.82, 2.24) is 34.1 Å². The quantitative estimate of drug-likeness (QED) is 0.101. The maximum Gasteiger partial charge on any atom is 0.232 e. The van der Waals surface area contributed by atoms with Crippen LogP contribution in [0.4, 0.5) is 20.7 Å². The summed E-state index contributed by atoms with van der Waals surface area (Å²) < 4.78 is 50.5. The third-order valence-electron chi connectivity index (χ3n) is 8.59. The molecule has 1 aliphatic rings. The highest BCUT2D eigenvalue weighted by atomic mass is 32.1. The minimum Gasteiger partial charge on any atom is -0.497 e. The molecule has 4 aromatic heterocycles. The van der Waals surface area contributed by atoms with Gasteiger partial charge in [0.05, 0.1) is 54.5 Å². The molecule has 12 nitrogen and oxygen atoms in total. The molecule has 16 heteroatoms. The van der Waals surface area contributed by atoms with Crippen LogP contribution in [0.5, 0.6) is 5.75 Å². The van der Waals surface area contributed by atoms with Crippen molar-refractivity contribution in [2.45, 2.75) is 45.5 Å². The first-order valence-electron chi connectivity index (χ1n) is 16.4. The average Bonchev–Trinajstić information content (AvgIpc) is 3.87. The summed E-state index contributed by atoms with van der Waals surface area (Å²) in [5, 5.41) is 4.77. The van der Waals surface area contributed by atoms with Gasteiger partial charge in [-0.2, -0.15) is 19.6 Å². The summed E-state index contributed by atoms with van der Waals surface area (Å²) in [5.74, 6) is 0.317. The van der Waals surface area contributed by atoms with Gasteiger partial charge in [-0.3, -0.25) is 4.98 Å². The molecule has 0 amide bonds. The Morgan fingerprint density at radius 3 is 2.50 bits per heavy atom. The molecule has 0 radical (unpaired) electrons. The maximum absolute atomic E-state index is 15.3. The molecule has 0 atom stereocenters. The number of ether oxygens (including phenoxy) is 3. The summed E-state index contributed by atoms with van der Waals surface area (Å²) in [6, 6.07) is 11.4. The van der Waals surface area contributed by atoms with Crippen molar-refractivity contribution in [3.8, 4) is 16.2 Å². The molecule has 7 rings (SSSR count). The van der Waals surface area contributed by atoms with E-state index in [0.717, 1.165) is 33.9 Å². The molecule has 0 spiro atoms. The molecule has 1 aliphatic heterocycles. The van der Waals surface area contributed by atoms with Crippen LogP contribution in [-0.4, -0.2) is 82.2 Å². The van der Waals surface area contributed by atoms with E-state index < -0.39 is 19.7 Å². The summed E-state index contributed by atoms with van der Waals surface area (Å²) in [6.45, 7) is 10.5. The van der Waals surface area contributed by atoms with Gasteiger partial charge in [-0.1, -0.05) is 31.8 Å². The van der Waals surface area contributed by atoms with E-state index in [2.05, 4.69) is 34.5 Å². The molecule has 1 fully saturated rings. The van der Waals surface area contributed by atoms with Crippen molar-refractivity contribution in [2.75, 3.05) is 49.8 Å². The van der Waals surface area contributed by atoms with Gasteiger partial charge in [-0.25, -0.2) is 13.8 Å². The zero-order chi connectivity index (χ0) is 34.8. The lowest BCUT2D eigenvalue weighted by Crippen LogP contribution is -2.38. The molecule has 5 heterocycles. The lowest BCUT2D eigenvalue weighted by Gasteiger charge is -2.29. The summed E-state index contributed by atoms with van der Waals surface area (Å²) in [5.41, 5.74) is 4.59. The largest absolute Gasteiger partial charge is 0.497 e. The SMILES string of the molecule is COc1ccc(CN(Cc2nc3c(F)c(F)ccc3n2COCC[Si](C)(C)C)c2nc(N3CCOCC3)nc3c(-c4cncs4)cnn23)cc1. The third kappa shape index (κ3) is 7.19. The number of hydrogen-bond donors (Lipinski definition) is 0.